The third kappa shape index (κ3) is 6.43. The highest BCUT2D eigenvalue weighted by Crippen LogP contribution is 2.07. The Labute approximate surface area is 127 Å². The van der Waals surface area contributed by atoms with Crippen molar-refractivity contribution in [3.05, 3.63) is 35.4 Å². The van der Waals surface area contributed by atoms with Crippen LogP contribution in [-0.4, -0.2) is 23.9 Å². The average Bonchev–Trinajstić information content (AvgIpc) is 2.36. The van der Waals surface area contributed by atoms with Crippen molar-refractivity contribution in [3.63, 3.8) is 0 Å². The number of amides is 2. The predicted molar refractivity (Wildman–Crippen MR) is 85.4 cm³/mol. The largest absolute Gasteiger partial charge is 0.352 e. The molecule has 4 heteroatoms. The highest BCUT2D eigenvalue weighted by atomic mass is 16.2. The molecule has 0 fully saturated rings. The van der Waals surface area contributed by atoms with Crippen molar-refractivity contribution in [3.8, 4) is 0 Å². The van der Waals surface area contributed by atoms with Crippen molar-refractivity contribution in [1.29, 1.82) is 0 Å². The lowest BCUT2D eigenvalue weighted by Gasteiger charge is -2.20. The summed E-state index contributed by atoms with van der Waals surface area (Å²) in [5.41, 5.74) is 0.860. The van der Waals surface area contributed by atoms with Crippen LogP contribution in [0.15, 0.2) is 24.3 Å². The molecule has 0 aromatic heterocycles. The van der Waals surface area contributed by atoms with E-state index in [9.17, 15) is 9.59 Å². The minimum absolute atomic E-state index is 0.0987. The van der Waals surface area contributed by atoms with E-state index in [-0.39, 0.29) is 17.4 Å². The fourth-order valence-corrected chi connectivity index (χ4v) is 1.76. The third-order valence-electron chi connectivity index (χ3n) is 2.91. The minimum Gasteiger partial charge on any atom is -0.352 e. The third-order valence-corrected chi connectivity index (χ3v) is 2.91. The van der Waals surface area contributed by atoms with Gasteiger partial charge in [-0.15, -0.1) is 0 Å². The number of nitrogens with one attached hydrogen (secondary N) is 2. The standard InChI is InChI=1S/C17H26N2O2/c1-12(2)10-11-18-15(20)13-6-8-14(9-7-13)16(21)19-17(3,4)5/h6-9,12H,10-11H2,1-5H3,(H,18,20)(H,19,21). The fraction of sp³-hybridized carbons (Fsp3) is 0.529. The van der Waals surface area contributed by atoms with E-state index in [4.69, 9.17) is 0 Å². The molecule has 4 nitrogen and oxygen atoms in total. The van der Waals surface area contributed by atoms with Crippen LogP contribution in [0.25, 0.3) is 0 Å². The van der Waals surface area contributed by atoms with Crippen LogP contribution >= 0.6 is 0 Å². The summed E-state index contributed by atoms with van der Waals surface area (Å²) in [5, 5.41) is 5.77. The van der Waals surface area contributed by atoms with E-state index >= 15 is 0 Å². The highest BCUT2D eigenvalue weighted by Gasteiger charge is 2.15. The van der Waals surface area contributed by atoms with Gasteiger partial charge in [-0.2, -0.15) is 0 Å². The molecule has 1 rings (SSSR count). The summed E-state index contributed by atoms with van der Waals surface area (Å²) in [6.45, 7) is 10.7. The second-order valence-corrected chi connectivity index (χ2v) is 6.72. The van der Waals surface area contributed by atoms with Crippen molar-refractivity contribution in [1.82, 2.24) is 10.6 Å². The summed E-state index contributed by atoms with van der Waals surface area (Å²) in [6.07, 6.45) is 0.956. The summed E-state index contributed by atoms with van der Waals surface area (Å²) in [4.78, 5) is 23.9. The average molecular weight is 290 g/mol. The Hall–Kier alpha value is -1.84. The van der Waals surface area contributed by atoms with E-state index in [0.717, 1.165) is 6.42 Å². The second kappa shape index (κ2) is 7.25. The molecule has 0 unspecified atom stereocenters. The van der Waals surface area contributed by atoms with Crippen LogP contribution in [0.3, 0.4) is 0 Å². The number of rotatable bonds is 5. The van der Waals surface area contributed by atoms with Gasteiger partial charge in [-0.3, -0.25) is 9.59 Å². The molecule has 1 aromatic rings. The van der Waals surface area contributed by atoms with Gasteiger partial charge in [-0.05, 0) is 57.4 Å². The molecule has 0 saturated carbocycles. The zero-order chi connectivity index (χ0) is 16.0. The molecule has 0 aliphatic heterocycles. The molecule has 0 spiro atoms. The van der Waals surface area contributed by atoms with E-state index in [1.54, 1.807) is 24.3 Å². The van der Waals surface area contributed by atoms with Crippen molar-refractivity contribution < 1.29 is 9.59 Å². The molecule has 0 radical (unpaired) electrons. The topological polar surface area (TPSA) is 58.2 Å². The number of hydrogen-bond acceptors (Lipinski definition) is 2. The van der Waals surface area contributed by atoms with Gasteiger partial charge in [0.1, 0.15) is 0 Å². The van der Waals surface area contributed by atoms with Crippen LogP contribution < -0.4 is 10.6 Å². The Morgan fingerprint density at radius 2 is 1.48 bits per heavy atom. The summed E-state index contributed by atoms with van der Waals surface area (Å²) >= 11 is 0. The van der Waals surface area contributed by atoms with Crippen LogP contribution in [-0.2, 0) is 0 Å². The Balaban J connectivity index is 2.61. The van der Waals surface area contributed by atoms with Crippen LogP contribution in [0.1, 0.15) is 61.8 Å². The zero-order valence-electron chi connectivity index (χ0n) is 13.6. The molecule has 0 heterocycles. The van der Waals surface area contributed by atoms with E-state index in [1.165, 1.54) is 0 Å². The fourth-order valence-electron chi connectivity index (χ4n) is 1.76. The molecule has 2 amide bonds. The van der Waals surface area contributed by atoms with Gasteiger partial charge >= 0.3 is 0 Å². The molecular formula is C17H26N2O2. The predicted octanol–water partition coefficient (Wildman–Crippen LogP) is 2.99. The van der Waals surface area contributed by atoms with E-state index in [1.807, 2.05) is 20.8 Å². The smallest absolute Gasteiger partial charge is 0.251 e. The minimum atomic E-state index is -0.274. The van der Waals surface area contributed by atoms with Crippen molar-refractivity contribution in [2.45, 2.75) is 46.6 Å². The first-order valence-electron chi connectivity index (χ1n) is 7.40. The molecule has 0 aliphatic carbocycles. The molecule has 0 aliphatic rings. The highest BCUT2D eigenvalue weighted by molar-refractivity contribution is 5.98. The first-order valence-corrected chi connectivity index (χ1v) is 7.40. The Morgan fingerprint density at radius 1 is 1.00 bits per heavy atom. The van der Waals surface area contributed by atoms with Crippen molar-refractivity contribution in [2.24, 2.45) is 5.92 Å². The Bertz CT molecular complexity index is 485. The van der Waals surface area contributed by atoms with Gasteiger partial charge in [0.25, 0.3) is 11.8 Å². The quantitative estimate of drug-likeness (QED) is 0.876. The first kappa shape index (κ1) is 17.2. The summed E-state index contributed by atoms with van der Waals surface area (Å²) in [7, 11) is 0. The molecule has 116 valence electrons. The van der Waals surface area contributed by atoms with Gasteiger partial charge < -0.3 is 10.6 Å². The van der Waals surface area contributed by atoms with Gasteiger partial charge in [0.05, 0.1) is 0 Å². The number of hydrogen-bond donors (Lipinski definition) is 2. The Kier molecular flexibility index (Phi) is 5.94. The van der Waals surface area contributed by atoms with E-state index in [2.05, 4.69) is 24.5 Å². The molecular weight excluding hydrogens is 264 g/mol. The van der Waals surface area contributed by atoms with Gasteiger partial charge in [-0.25, -0.2) is 0 Å². The van der Waals surface area contributed by atoms with Crippen LogP contribution in [0.5, 0.6) is 0 Å². The SMILES string of the molecule is CC(C)CCNC(=O)c1ccc(C(=O)NC(C)(C)C)cc1. The maximum atomic E-state index is 12.0. The lowest BCUT2D eigenvalue weighted by Crippen LogP contribution is -2.40. The van der Waals surface area contributed by atoms with E-state index < -0.39 is 0 Å². The van der Waals surface area contributed by atoms with E-state index in [0.29, 0.717) is 23.6 Å². The monoisotopic (exact) mass is 290 g/mol. The van der Waals surface area contributed by atoms with Gasteiger partial charge in [-0.1, -0.05) is 13.8 Å². The molecule has 0 bridgehead atoms. The lowest BCUT2D eigenvalue weighted by molar-refractivity contribution is 0.0915. The zero-order valence-corrected chi connectivity index (χ0v) is 13.6. The maximum Gasteiger partial charge on any atom is 0.251 e. The molecule has 1 aromatic carbocycles. The van der Waals surface area contributed by atoms with Gasteiger partial charge in [0.15, 0.2) is 0 Å². The number of carbonyl (C=O) groups excluding carboxylic acids is 2. The van der Waals surface area contributed by atoms with Crippen LogP contribution in [0, 0.1) is 5.92 Å². The molecule has 2 N–H and O–H groups in total. The second-order valence-electron chi connectivity index (χ2n) is 6.72. The summed E-state index contributed by atoms with van der Waals surface area (Å²) < 4.78 is 0. The number of carbonyl (C=O) groups is 2. The van der Waals surface area contributed by atoms with Crippen LogP contribution in [0.2, 0.25) is 0 Å². The normalized spacial score (nSPS) is 11.3. The molecule has 0 saturated heterocycles. The maximum absolute atomic E-state index is 12.0. The van der Waals surface area contributed by atoms with Gasteiger partial charge in [0.2, 0.25) is 0 Å². The molecule has 21 heavy (non-hydrogen) atoms. The summed E-state index contributed by atoms with van der Waals surface area (Å²) in [5.74, 6) is 0.335. The van der Waals surface area contributed by atoms with Crippen molar-refractivity contribution in [2.75, 3.05) is 6.54 Å². The van der Waals surface area contributed by atoms with Crippen LogP contribution in [0.4, 0.5) is 0 Å². The molecule has 0 atom stereocenters. The van der Waals surface area contributed by atoms with Crippen molar-refractivity contribution >= 4 is 11.8 Å². The lowest BCUT2D eigenvalue weighted by atomic mass is 10.1. The Morgan fingerprint density at radius 3 is 1.90 bits per heavy atom. The van der Waals surface area contributed by atoms with Gasteiger partial charge in [0, 0.05) is 23.2 Å². The first-order chi connectivity index (χ1) is 9.69. The number of benzene rings is 1. The summed E-state index contributed by atoms with van der Waals surface area (Å²) in [6, 6.07) is 6.72.